The molecule has 0 fully saturated rings. The van der Waals surface area contributed by atoms with E-state index >= 15 is 0 Å². The van der Waals surface area contributed by atoms with E-state index in [9.17, 15) is 0 Å². The molecular weight excluding hydrogens is 647 g/mol. The molecule has 53 heavy (non-hydrogen) atoms. The van der Waals surface area contributed by atoms with Crippen molar-refractivity contribution in [1.82, 2.24) is 14.1 Å². The molecule has 8 aromatic carbocycles. The molecule has 12 aromatic rings. The van der Waals surface area contributed by atoms with E-state index in [2.05, 4.69) is 185 Å². The third-order valence-electron chi connectivity index (χ3n) is 11.1. The lowest BCUT2D eigenvalue weighted by Gasteiger charge is -2.13. The van der Waals surface area contributed by atoms with Crippen molar-refractivity contribution in [2.45, 2.75) is 0 Å². The van der Waals surface area contributed by atoms with Crippen LogP contribution in [0.3, 0.4) is 0 Å². The van der Waals surface area contributed by atoms with Crippen LogP contribution in [0, 0.1) is 0 Å². The molecule has 12 rings (SSSR count). The first kappa shape index (κ1) is 28.5. The second-order valence-corrected chi connectivity index (χ2v) is 13.9. The van der Waals surface area contributed by atoms with E-state index in [0.717, 1.165) is 82.8 Å². The normalized spacial score (nSPS) is 12.2. The standard InChI is InChI=1S/C49H29N3O/c1-3-13-30(14-4-1)37-28-46(50-40-21-11-9-19-34(37)40)52-42-25-24-36-47-33-18-8-7-15-31(33)23-26-45(47)53-49(36)48(42)39-27-38-35-20-10-12-22-41(35)51(43(38)29-44(39)52)32-16-5-2-6-17-32/h1-29H. The summed E-state index contributed by atoms with van der Waals surface area (Å²) in [5, 5.41) is 10.4. The Morgan fingerprint density at radius 2 is 1.13 bits per heavy atom. The van der Waals surface area contributed by atoms with Crippen molar-refractivity contribution in [2.24, 2.45) is 0 Å². The van der Waals surface area contributed by atoms with Gasteiger partial charge in [-0.25, -0.2) is 4.98 Å². The zero-order valence-corrected chi connectivity index (χ0v) is 28.5. The monoisotopic (exact) mass is 675 g/mol. The van der Waals surface area contributed by atoms with Crippen LogP contribution in [0.1, 0.15) is 0 Å². The molecule has 4 heterocycles. The molecule has 0 aliphatic carbocycles. The fourth-order valence-electron chi connectivity index (χ4n) is 8.80. The van der Waals surface area contributed by atoms with E-state index in [1.807, 2.05) is 0 Å². The number of pyridine rings is 1. The number of furan rings is 1. The van der Waals surface area contributed by atoms with Gasteiger partial charge >= 0.3 is 0 Å². The summed E-state index contributed by atoms with van der Waals surface area (Å²) in [5.41, 5.74) is 10.6. The Morgan fingerprint density at radius 1 is 0.415 bits per heavy atom. The Balaban J connectivity index is 1.29. The highest BCUT2D eigenvalue weighted by atomic mass is 16.3. The minimum atomic E-state index is 0.866. The number of rotatable bonds is 3. The van der Waals surface area contributed by atoms with Crippen LogP contribution in [-0.4, -0.2) is 14.1 Å². The smallest absolute Gasteiger partial charge is 0.145 e. The van der Waals surface area contributed by atoms with Gasteiger partial charge in [-0.3, -0.25) is 4.57 Å². The first-order chi connectivity index (χ1) is 26.3. The molecule has 0 aliphatic heterocycles. The number of nitrogens with zero attached hydrogens (tertiary/aromatic N) is 3. The molecule has 0 spiro atoms. The van der Waals surface area contributed by atoms with Crippen molar-refractivity contribution < 1.29 is 4.42 Å². The van der Waals surface area contributed by atoms with Crippen molar-refractivity contribution in [3.8, 4) is 22.6 Å². The number of fused-ring (bicyclic) bond motifs is 13. The Labute approximate surface area is 303 Å². The van der Waals surface area contributed by atoms with Gasteiger partial charge in [-0.2, -0.15) is 0 Å². The lowest BCUT2D eigenvalue weighted by molar-refractivity contribution is 0.673. The van der Waals surface area contributed by atoms with Crippen molar-refractivity contribution in [2.75, 3.05) is 0 Å². The topological polar surface area (TPSA) is 35.9 Å². The maximum atomic E-state index is 6.93. The van der Waals surface area contributed by atoms with Crippen molar-refractivity contribution in [1.29, 1.82) is 0 Å². The molecule has 4 aromatic heterocycles. The van der Waals surface area contributed by atoms with Crippen LogP contribution in [0.5, 0.6) is 0 Å². The molecule has 0 atom stereocenters. The van der Waals surface area contributed by atoms with Crippen LogP contribution in [-0.2, 0) is 0 Å². The maximum absolute atomic E-state index is 6.93. The minimum absolute atomic E-state index is 0.866. The Morgan fingerprint density at radius 3 is 2.00 bits per heavy atom. The van der Waals surface area contributed by atoms with Crippen LogP contribution in [0.2, 0.25) is 0 Å². The lowest BCUT2D eigenvalue weighted by atomic mass is 10.0. The Hall–Kier alpha value is -7.17. The number of benzene rings is 8. The number of hydrogen-bond donors (Lipinski definition) is 0. The molecule has 0 aliphatic rings. The van der Waals surface area contributed by atoms with Crippen molar-refractivity contribution in [3.63, 3.8) is 0 Å². The summed E-state index contributed by atoms with van der Waals surface area (Å²) >= 11 is 0. The SMILES string of the molecule is c1ccc(-c2cc(-n3c4cc5c(cc4c4c6oc7ccc8ccccc8c7c6ccc43)c3ccccc3n5-c3ccccc3)nc3ccccc23)cc1. The molecule has 4 heteroatoms. The van der Waals surface area contributed by atoms with E-state index in [-0.39, 0.29) is 0 Å². The van der Waals surface area contributed by atoms with Crippen LogP contribution >= 0.6 is 0 Å². The first-order valence-electron chi connectivity index (χ1n) is 18.1. The van der Waals surface area contributed by atoms with Gasteiger partial charge in [0.05, 0.1) is 33.0 Å². The number of para-hydroxylation sites is 3. The molecule has 0 amide bonds. The van der Waals surface area contributed by atoms with Crippen LogP contribution in [0.15, 0.2) is 180 Å². The van der Waals surface area contributed by atoms with Gasteiger partial charge in [-0.15, -0.1) is 0 Å². The van der Waals surface area contributed by atoms with Crippen molar-refractivity contribution in [3.05, 3.63) is 176 Å². The fourth-order valence-corrected chi connectivity index (χ4v) is 8.80. The van der Waals surface area contributed by atoms with Crippen LogP contribution in [0.4, 0.5) is 0 Å². The largest absolute Gasteiger partial charge is 0.455 e. The average Bonchev–Trinajstić information content (AvgIpc) is 3.87. The highest BCUT2D eigenvalue weighted by Gasteiger charge is 2.23. The summed E-state index contributed by atoms with van der Waals surface area (Å²) in [4.78, 5) is 5.40. The van der Waals surface area contributed by atoms with E-state index < -0.39 is 0 Å². The second kappa shape index (κ2) is 10.7. The molecule has 246 valence electrons. The number of aromatic nitrogens is 3. The summed E-state index contributed by atoms with van der Waals surface area (Å²) in [6.07, 6.45) is 0. The third-order valence-corrected chi connectivity index (χ3v) is 11.1. The van der Waals surface area contributed by atoms with E-state index in [1.54, 1.807) is 0 Å². The molecule has 0 saturated carbocycles. The highest BCUT2D eigenvalue weighted by molar-refractivity contribution is 6.29. The van der Waals surface area contributed by atoms with Crippen LogP contribution in [0.25, 0.3) is 110 Å². The predicted molar refractivity (Wildman–Crippen MR) is 221 cm³/mol. The Kier molecular flexibility index (Phi) is 5.74. The van der Waals surface area contributed by atoms with Gasteiger partial charge in [0.15, 0.2) is 0 Å². The average molecular weight is 676 g/mol. The van der Waals surface area contributed by atoms with Gasteiger partial charge in [0.1, 0.15) is 17.0 Å². The second-order valence-electron chi connectivity index (χ2n) is 13.9. The fraction of sp³-hybridized carbons (Fsp3) is 0. The summed E-state index contributed by atoms with van der Waals surface area (Å²) in [5.74, 6) is 0.866. The molecule has 4 nitrogen and oxygen atoms in total. The Bertz CT molecular complexity index is 3440. The molecular formula is C49H29N3O. The lowest BCUT2D eigenvalue weighted by Crippen LogP contribution is -2.00. The molecule has 0 unspecified atom stereocenters. The molecule has 0 saturated heterocycles. The van der Waals surface area contributed by atoms with Gasteiger partial charge in [0.25, 0.3) is 0 Å². The molecule has 0 N–H and O–H groups in total. The van der Waals surface area contributed by atoms with Gasteiger partial charge in [-0.1, -0.05) is 115 Å². The molecule has 0 bridgehead atoms. The third kappa shape index (κ3) is 3.98. The summed E-state index contributed by atoms with van der Waals surface area (Å²) in [7, 11) is 0. The van der Waals surface area contributed by atoms with Crippen LogP contribution < -0.4 is 0 Å². The minimum Gasteiger partial charge on any atom is -0.455 e. The van der Waals surface area contributed by atoms with Gasteiger partial charge in [0.2, 0.25) is 0 Å². The van der Waals surface area contributed by atoms with E-state index in [0.29, 0.717) is 0 Å². The summed E-state index contributed by atoms with van der Waals surface area (Å²) < 4.78 is 11.7. The zero-order valence-electron chi connectivity index (χ0n) is 28.5. The zero-order chi connectivity index (χ0) is 34.6. The number of hydrogen-bond acceptors (Lipinski definition) is 2. The van der Waals surface area contributed by atoms with E-state index in [1.165, 1.54) is 27.1 Å². The van der Waals surface area contributed by atoms with Gasteiger partial charge < -0.3 is 8.98 Å². The highest BCUT2D eigenvalue weighted by Crippen LogP contribution is 2.45. The van der Waals surface area contributed by atoms with E-state index in [4.69, 9.17) is 9.40 Å². The quantitative estimate of drug-likeness (QED) is 0.187. The first-order valence-corrected chi connectivity index (χ1v) is 18.1. The maximum Gasteiger partial charge on any atom is 0.145 e. The van der Waals surface area contributed by atoms with Gasteiger partial charge in [-0.05, 0) is 82.6 Å². The summed E-state index contributed by atoms with van der Waals surface area (Å²) in [6, 6.07) is 62.8. The van der Waals surface area contributed by atoms with Crippen molar-refractivity contribution >= 4 is 87.2 Å². The predicted octanol–water partition coefficient (Wildman–Crippen LogP) is 13.1. The summed E-state index contributed by atoms with van der Waals surface area (Å²) in [6.45, 7) is 0. The molecule has 0 radical (unpaired) electrons. The van der Waals surface area contributed by atoms with Gasteiger partial charge in [0, 0.05) is 38.0 Å².